The molecule has 0 aliphatic heterocycles. The Balaban J connectivity index is 2.08. The highest BCUT2D eigenvalue weighted by molar-refractivity contribution is 5.74. The molecule has 0 radical (unpaired) electrons. The monoisotopic (exact) mass is 414 g/mol. The van der Waals surface area contributed by atoms with Crippen molar-refractivity contribution in [2.24, 2.45) is 0 Å². The Labute approximate surface area is 178 Å². The van der Waals surface area contributed by atoms with E-state index in [4.69, 9.17) is 19.2 Å². The van der Waals surface area contributed by atoms with Gasteiger partial charge in [-0.05, 0) is 53.7 Å². The van der Waals surface area contributed by atoms with E-state index in [1.807, 2.05) is 53.7 Å². The van der Waals surface area contributed by atoms with E-state index < -0.39 is 11.2 Å². The van der Waals surface area contributed by atoms with Gasteiger partial charge in [-0.2, -0.15) is 0 Å². The molecule has 0 aliphatic rings. The van der Waals surface area contributed by atoms with Crippen LogP contribution in [0, 0.1) is 0 Å². The molecular weight excluding hydrogens is 384 g/mol. The Morgan fingerprint density at radius 2 is 0.967 bits per heavy atom. The van der Waals surface area contributed by atoms with Gasteiger partial charge in [0.25, 0.3) is 0 Å². The zero-order valence-electron chi connectivity index (χ0n) is 18.5. The van der Waals surface area contributed by atoms with E-state index in [1.54, 1.807) is 36.4 Å². The highest BCUT2D eigenvalue weighted by Gasteiger charge is 2.20. The van der Waals surface area contributed by atoms with Crippen LogP contribution in [0.1, 0.15) is 52.7 Å². The summed E-state index contributed by atoms with van der Waals surface area (Å²) in [4.78, 5) is 35.4. The van der Waals surface area contributed by atoms with E-state index >= 15 is 0 Å². The third-order valence-corrected chi connectivity index (χ3v) is 3.68. The van der Waals surface area contributed by atoms with Gasteiger partial charge in [-0.15, -0.1) is 0 Å². The molecule has 0 fully saturated rings. The smallest absolute Gasteiger partial charge is 0.310 e. The minimum Gasteiger partial charge on any atom is -0.460 e. The predicted molar refractivity (Wildman–Crippen MR) is 113 cm³/mol. The standard InChI is InChI=1S/C24H30O6/c1-23(2,3)27-21(25)15-17-11-7-9-13-19(17)29-30-20-14-10-8-12-18(20)16-22(26)28-24(4,5)6/h7-14H,15-16H2,1-6H3. The maximum absolute atomic E-state index is 12.2. The number of hydrogen-bond acceptors (Lipinski definition) is 6. The van der Waals surface area contributed by atoms with Crippen molar-refractivity contribution in [3.05, 3.63) is 59.7 Å². The van der Waals surface area contributed by atoms with Gasteiger partial charge in [-0.25, -0.2) is 0 Å². The molecule has 0 atom stereocenters. The fraction of sp³-hybridized carbons (Fsp3) is 0.417. The lowest BCUT2D eigenvalue weighted by atomic mass is 10.1. The highest BCUT2D eigenvalue weighted by atomic mass is 17.2. The Morgan fingerprint density at radius 1 is 0.633 bits per heavy atom. The fourth-order valence-corrected chi connectivity index (χ4v) is 2.62. The third-order valence-electron chi connectivity index (χ3n) is 3.68. The summed E-state index contributed by atoms with van der Waals surface area (Å²) in [5.41, 5.74) is 0.140. The highest BCUT2D eigenvalue weighted by Crippen LogP contribution is 2.24. The van der Waals surface area contributed by atoms with Crippen LogP contribution in [0.5, 0.6) is 11.5 Å². The minimum atomic E-state index is -0.565. The average Bonchev–Trinajstić information content (AvgIpc) is 2.58. The van der Waals surface area contributed by atoms with E-state index in [2.05, 4.69) is 0 Å². The topological polar surface area (TPSA) is 71.1 Å². The van der Waals surface area contributed by atoms with Crippen molar-refractivity contribution in [1.29, 1.82) is 0 Å². The summed E-state index contributed by atoms with van der Waals surface area (Å²) in [5, 5.41) is 0. The molecule has 0 saturated carbocycles. The number of benzene rings is 2. The molecule has 0 unspecified atom stereocenters. The summed E-state index contributed by atoms with van der Waals surface area (Å²) in [5.74, 6) is 0.0820. The lowest BCUT2D eigenvalue weighted by Crippen LogP contribution is -2.25. The molecule has 2 aromatic rings. The van der Waals surface area contributed by atoms with Crippen LogP contribution in [0.3, 0.4) is 0 Å². The van der Waals surface area contributed by atoms with Crippen molar-refractivity contribution < 1.29 is 28.8 Å². The van der Waals surface area contributed by atoms with E-state index in [9.17, 15) is 9.59 Å². The molecule has 2 aromatic carbocycles. The van der Waals surface area contributed by atoms with Gasteiger partial charge in [0, 0.05) is 11.1 Å². The molecule has 0 aromatic heterocycles. The second kappa shape index (κ2) is 9.65. The largest absolute Gasteiger partial charge is 0.460 e. The minimum absolute atomic E-state index is 0.0519. The first kappa shape index (κ1) is 23.3. The second-order valence-electron chi connectivity index (χ2n) is 8.91. The van der Waals surface area contributed by atoms with Crippen LogP contribution in [0.25, 0.3) is 0 Å². The van der Waals surface area contributed by atoms with Gasteiger partial charge in [-0.3, -0.25) is 19.4 Å². The zero-order valence-corrected chi connectivity index (χ0v) is 18.5. The first-order chi connectivity index (χ1) is 13.9. The predicted octanol–water partition coefficient (Wildman–Crippen LogP) is 4.83. The van der Waals surface area contributed by atoms with Crippen molar-refractivity contribution >= 4 is 11.9 Å². The SMILES string of the molecule is CC(C)(C)OC(=O)Cc1ccccc1OOc1ccccc1CC(=O)OC(C)(C)C. The molecule has 6 nitrogen and oxygen atoms in total. The van der Waals surface area contributed by atoms with Gasteiger partial charge in [0.05, 0.1) is 12.8 Å². The molecular formula is C24H30O6. The number of esters is 2. The number of hydrogen-bond donors (Lipinski definition) is 0. The van der Waals surface area contributed by atoms with E-state index in [0.29, 0.717) is 22.6 Å². The third kappa shape index (κ3) is 8.15. The van der Waals surface area contributed by atoms with Gasteiger partial charge in [-0.1, -0.05) is 36.4 Å². The van der Waals surface area contributed by atoms with Crippen molar-refractivity contribution in [2.45, 2.75) is 65.6 Å². The molecule has 162 valence electrons. The van der Waals surface area contributed by atoms with Crippen LogP contribution in [0.2, 0.25) is 0 Å². The summed E-state index contributed by atoms with van der Waals surface area (Å²) < 4.78 is 10.8. The summed E-state index contributed by atoms with van der Waals surface area (Å²) in [6.07, 6.45) is 0.104. The first-order valence-electron chi connectivity index (χ1n) is 9.87. The molecule has 2 rings (SSSR count). The quantitative estimate of drug-likeness (QED) is 0.367. The van der Waals surface area contributed by atoms with Crippen LogP contribution >= 0.6 is 0 Å². The van der Waals surface area contributed by atoms with Crippen LogP contribution in [0.4, 0.5) is 0 Å². The molecule has 0 aliphatic carbocycles. The van der Waals surface area contributed by atoms with E-state index in [-0.39, 0.29) is 24.8 Å². The maximum Gasteiger partial charge on any atom is 0.310 e. The van der Waals surface area contributed by atoms with Crippen LogP contribution in [-0.2, 0) is 31.9 Å². The van der Waals surface area contributed by atoms with Crippen LogP contribution in [-0.4, -0.2) is 23.1 Å². The van der Waals surface area contributed by atoms with E-state index in [0.717, 1.165) is 0 Å². The summed E-state index contributed by atoms with van der Waals surface area (Å²) in [7, 11) is 0. The van der Waals surface area contributed by atoms with Crippen molar-refractivity contribution in [2.75, 3.05) is 0 Å². The Hall–Kier alpha value is -3.02. The summed E-state index contributed by atoms with van der Waals surface area (Å²) >= 11 is 0. The Kier molecular flexibility index (Phi) is 7.48. The van der Waals surface area contributed by atoms with Gasteiger partial charge < -0.3 is 9.47 Å². The molecule has 0 amide bonds. The molecule has 6 heteroatoms. The zero-order chi connectivity index (χ0) is 22.4. The Morgan fingerprint density at radius 3 is 1.30 bits per heavy atom. The first-order valence-corrected chi connectivity index (χ1v) is 9.87. The van der Waals surface area contributed by atoms with Crippen molar-refractivity contribution in [3.8, 4) is 11.5 Å². The number of rotatable bonds is 7. The van der Waals surface area contributed by atoms with Gasteiger partial charge in [0.1, 0.15) is 11.2 Å². The van der Waals surface area contributed by atoms with E-state index in [1.165, 1.54) is 0 Å². The molecule has 0 heterocycles. The van der Waals surface area contributed by atoms with Gasteiger partial charge in [0.15, 0.2) is 11.5 Å². The lowest BCUT2D eigenvalue weighted by molar-refractivity contribution is -0.155. The van der Waals surface area contributed by atoms with Crippen LogP contribution in [0.15, 0.2) is 48.5 Å². The molecule has 0 N–H and O–H groups in total. The number of carbonyl (C=O) groups excluding carboxylic acids is 2. The number of para-hydroxylation sites is 2. The average molecular weight is 414 g/mol. The van der Waals surface area contributed by atoms with Crippen LogP contribution < -0.4 is 9.78 Å². The summed E-state index contributed by atoms with van der Waals surface area (Å²) in [6, 6.07) is 14.1. The molecule has 0 saturated heterocycles. The van der Waals surface area contributed by atoms with Gasteiger partial charge >= 0.3 is 11.9 Å². The summed E-state index contributed by atoms with van der Waals surface area (Å²) in [6.45, 7) is 10.9. The second-order valence-corrected chi connectivity index (χ2v) is 8.91. The fourth-order valence-electron chi connectivity index (χ4n) is 2.62. The number of carbonyl (C=O) groups is 2. The lowest BCUT2D eigenvalue weighted by Gasteiger charge is -2.20. The maximum atomic E-state index is 12.2. The number of ether oxygens (including phenoxy) is 2. The molecule has 0 bridgehead atoms. The van der Waals surface area contributed by atoms with Crippen molar-refractivity contribution in [3.63, 3.8) is 0 Å². The molecule has 30 heavy (non-hydrogen) atoms. The molecule has 0 spiro atoms. The van der Waals surface area contributed by atoms with Crippen molar-refractivity contribution in [1.82, 2.24) is 0 Å². The van der Waals surface area contributed by atoms with Gasteiger partial charge in [0.2, 0.25) is 0 Å². The normalized spacial score (nSPS) is 11.5. The Bertz CT molecular complexity index is 800.